The van der Waals surface area contributed by atoms with Crippen LogP contribution in [-0.2, 0) is 6.61 Å². The predicted molar refractivity (Wildman–Crippen MR) is 69.5 cm³/mol. The van der Waals surface area contributed by atoms with Gasteiger partial charge in [-0.05, 0) is 55.4 Å². The van der Waals surface area contributed by atoms with Crippen molar-refractivity contribution in [2.45, 2.75) is 44.8 Å². The van der Waals surface area contributed by atoms with E-state index in [-0.39, 0.29) is 6.61 Å². The lowest BCUT2D eigenvalue weighted by Crippen LogP contribution is -2.38. The van der Waals surface area contributed by atoms with Crippen LogP contribution in [0.25, 0.3) is 0 Å². The number of pyridine rings is 1. The number of rotatable bonds is 3. The lowest BCUT2D eigenvalue weighted by atomic mass is 9.72. The summed E-state index contributed by atoms with van der Waals surface area (Å²) >= 11 is 0. The molecule has 5 aliphatic carbocycles. The molecule has 5 saturated carbocycles. The van der Waals surface area contributed by atoms with Crippen LogP contribution < -0.4 is 4.74 Å². The number of aliphatic hydroxyl groups is 1. The maximum absolute atomic E-state index is 9.17. The van der Waals surface area contributed by atoms with Crippen molar-refractivity contribution in [1.82, 2.24) is 4.98 Å². The van der Waals surface area contributed by atoms with Gasteiger partial charge in [-0.25, -0.2) is 0 Å². The molecule has 0 saturated heterocycles. The summed E-state index contributed by atoms with van der Waals surface area (Å²) in [6.07, 6.45) is 9.26. The Bertz CT molecular complexity index is 559. The van der Waals surface area contributed by atoms with Crippen molar-refractivity contribution < 1.29 is 9.84 Å². The highest BCUT2D eigenvalue weighted by molar-refractivity contribution is 5.33. The molecule has 1 aromatic heterocycles. The molecule has 19 heavy (non-hydrogen) atoms. The topological polar surface area (TPSA) is 42.4 Å². The molecular formula is C16H19NO2. The SMILES string of the molecule is OCc1cc(OC2C3CC4CC5(C3)CC25C4)ccn1. The summed E-state index contributed by atoms with van der Waals surface area (Å²) in [7, 11) is 0. The molecule has 0 radical (unpaired) electrons. The summed E-state index contributed by atoms with van der Waals surface area (Å²) in [6, 6.07) is 3.83. The molecular weight excluding hydrogens is 238 g/mol. The average Bonchev–Trinajstić information content (AvgIpc) is 2.87. The van der Waals surface area contributed by atoms with E-state index in [0.29, 0.717) is 22.6 Å². The molecule has 3 nitrogen and oxygen atoms in total. The van der Waals surface area contributed by atoms with E-state index in [1.54, 1.807) is 6.20 Å². The molecule has 2 spiro atoms. The summed E-state index contributed by atoms with van der Waals surface area (Å²) in [4.78, 5) is 4.12. The van der Waals surface area contributed by atoms with Gasteiger partial charge < -0.3 is 9.84 Å². The Morgan fingerprint density at radius 2 is 2.32 bits per heavy atom. The average molecular weight is 257 g/mol. The van der Waals surface area contributed by atoms with Crippen molar-refractivity contribution in [3.8, 4) is 5.75 Å². The second-order valence-corrected chi connectivity index (χ2v) is 7.27. The second kappa shape index (κ2) is 3.14. The van der Waals surface area contributed by atoms with Gasteiger partial charge in [-0.2, -0.15) is 0 Å². The molecule has 100 valence electrons. The van der Waals surface area contributed by atoms with Gasteiger partial charge in [-0.3, -0.25) is 4.98 Å². The summed E-state index contributed by atoms with van der Waals surface area (Å²) in [5.41, 5.74) is 1.91. The highest BCUT2D eigenvalue weighted by atomic mass is 16.5. The molecule has 5 unspecified atom stereocenters. The standard InChI is InChI=1S/C16H19NO2/c18-8-12-4-13(1-2-17-12)19-14-11-3-10-5-15(7-11)9-16(14,15)6-10/h1-2,4,10-11,14,18H,3,5-9H2. The van der Waals surface area contributed by atoms with E-state index in [0.717, 1.165) is 17.6 Å². The van der Waals surface area contributed by atoms with Crippen LogP contribution in [0.3, 0.4) is 0 Å². The van der Waals surface area contributed by atoms with E-state index in [2.05, 4.69) is 4.98 Å². The van der Waals surface area contributed by atoms with E-state index < -0.39 is 0 Å². The van der Waals surface area contributed by atoms with Gasteiger partial charge in [0.15, 0.2) is 0 Å². The van der Waals surface area contributed by atoms with Crippen LogP contribution in [-0.4, -0.2) is 16.2 Å². The van der Waals surface area contributed by atoms with Gasteiger partial charge in [0.2, 0.25) is 0 Å². The smallest absolute Gasteiger partial charge is 0.123 e. The monoisotopic (exact) mass is 257 g/mol. The third-order valence-corrected chi connectivity index (χ3v) is 6.39. The molecule has 1 N–H and O–H groups in total. The van der Waals surface area contributed by atoms with Crippen LogP contribution in [0.1, 0.15) is 37.8 Å². The molecule has 0 aliphatic heterocycles. The van der Waals surface area contributed by atoms with Gasteiger partial charge in [-0.15, -0.1) is 0 Å². The van der Waals surface area contributed by atoms with Gasteiger partial charge in [0.05, 0.1) is 12.3 Å². The maximum atomic E-state index is 9.17. The van der Waals surface area contributed by atoms with Crippen molar-refractivity contribution in [2.24, 2.45) is 22.7 Å². The van der Waals surface area contributed by atoms with Gasteiger partial charge in [-0.1, -0.05) is 0 Å². The third-order valence-electron chi connectivity index (χ3n) is 6.39. The molecule has 3 heteroatoms. The zero-order valence-electron chi connectivity index (χ0n) is 11.0. The first kappa shape index (κ1) is 10.7. The Morgan fingerprint density at radius 3 is 3.16 bits per heavy atom. The van der Waals surface area contributed by atoms with Crippen LogP contribution in [0.5, 0.6) is 5.75 Å². The fourth-order valence-corrected chi connectivity index (χ4v) is 5.97. The molecule has 5 atom stereocenters. The van der Waals surface area contributed by atoms with Crippen LogP contribution in [0.15, 0.2) is 18.3 Å². The van der Waals surface area contributed by atoms with Crippen LogP contribution in [0.4, 0.5) is 0 Å². The quantitative estimate of drug-likeness (QED) is 0.904. The van der Waals surface area contributed by atoms with Crippen molar-refractivity contribution in [1.29, 1.82) is 0 Å². The zero-order valence-corrected chi connectivity index (χ0v) is 11.0. The summed E-state index contributed by atoms with van der Waals surface area (Å²) in [6.45, 7) is -0.0115. The number of nitrogens with zero attached hydrogens (tertiary/aromatic N) is 1. The van der Waals surface area contributed by atoms with Crippen molar-refractivity contribution in [2.75, 3.05) is 0 Å². The fraction of sp³-hybridized carbons (Fsp3) is 0.688. The molecule has 4 bridgehead atoms. The number of ether oxygens (including phenoxy) is 1. The van der Waals surface area contributed by atoms with E-state index in [1.807, 2.05) is 12.1 Å². The molecule has 6 rings (SSSR count). The fourth-order valence-electron chi connectivity index (χ4n) is 5.97. The van der Waals surface area contributed by atoms with Gasteiger partial charge in [0.1, 0.15) is 11.9 Å². The van der Waals surface area contributed by atoms with E-state index in [4.69, 9.17) is 4.74 Å². The third kappa shape index (κ3) is 1.16. The number of aliphatic hydroxyl groups excluding tert-OH is 1. The first-order valence-corrected chi connectivity index (χ1v) is 7.47. The molecule has 5 aliphatic rings. The first-order valence-electron chi connectivity index (χ1n) is 7.47. The van der Waals surface area contributed by atoms with Gasteiger partial charge in [0.25, 0.3) is 0 Å². The second-order valence-electron chi connectivity index (χ2n) is 7.27. The number of aromatic nitrogens is 1. The highest BCUT2D eigenvalue weighted by Crippen LogP contribution is 2.87. The van der Waals surface area contributed by atoms with E-state index >= 15 is 0 Å². The lowest BCUT2D eigenvalue weighted by molar-refractivity contribution is 0.0337. The van der Waals surface area contributed by atoms with Gasteiger partial charge >= 0.3 is 0 Å². The van der Waals surface area contributed by atoms with E-state index in [9.17, 15) is 5.11 Å². The minimum absolute atomic E-state index is 0.0115. The Labute approximate surface area is 113 Å². The zero-order chi connectivity index (χ0) is 12.7. The number of hydrogen-bond acceptors (Lipinski definition) is 3. The predicted octanol–water partition coefficient (Wildman–Crippen LogP) is 2.53. The van der Waals surface area contributed by atoms with Crippen LogP contribution in [0.2, 0.25) is 0 Å². The molecule has 0 aromatic carbocycles. The largest absolute Gasteiger partial charge is 0.489 e. The van der Waals surface area contributed by atoms with Crippen molar-refractivity contribution >= 4 is 0 Å². The van der Waals surface area contributed by atoms with E-state index in [1.165, 1.54) is 32.1 Å². The summed E-state index contributed by atoms with van der Waals surface area (Å²) in [5.74, 6) is 2.68. The minimum atomic E-state index is -0.0115. The highest BCUT2D eigenvalue weighted by Gasteiger charge is 2.83. The van der Waals surface area contributed by atoms with Crippen LogP contribution in [0, 0.1) is 22.7 Å². The molecule has 5 fully saturated rings. The first-order chi connectivity index (χ1) is 9.25. The molecule has 1 aromatic rings. The Hall–Kier alpha value is -1.09. The lowest BCUT2D eigenvalue weighted by Gasteiger charge is -2.38. The molecule has 1 heterocycles. The minimum Gasteiger partial charge on any atom is -0.489 e. The van der Waals surface area contributed by atoms with Crippen LogP contribution >= 0.6 is 0 Å². The normalized spacial score (nSPS) is 48.4. The summed E-state index contributed by atoms with van der Waals surface area (Å²) < 4.78 is 6.37. The molecule has 0 amide bonds. The maximum Gasteiger partial charge on any atom is 0.123 e. The van der Waals surface area contributed by atoms with Gasteiger partial charge in [0, 0.05) is 17.7 Å². The number of hydrogen-bond donors (Lipinski definition) is 1. The Balaban J connectivity index is 1.46. The Kier molecular flexibility index (Phi) is 1.76. The van der Waals surface area contributed by atoms with Crippen molar-refractivity contribution in [3.05, 3.63) is 24.0 Å². The van der Waals surface area contributed by atoms with Crippen molar-refractivity contribution in [3.63, 3.8) is 0 Å². The Morgan fingerprint density at radius 1 is 1.37 bits per heavy atom. The summed E-state index contributed by atoms with van der Waals surface area (Å²) in [5, 5.41) is 9.17.